The molecule has 0 bridgehead atoms. The molecule has 0 fully saturated rings. The lowest BCUT2D eigenvalue weighted by atomic mass is 10.1. The number of carbonyl (C=O) groups excluding carboxylic acids is 2. The van der Waals surface area contributed by atoms with Gasteiger partial charge in [-0.2, -0.15) is 0 Å². The molecule has 1 atom stereocenters. The lowest BCUT2D eigenvalue weighted by molar-refractivity contribution is 0.0464. The van der Waals surface area contributed by atoms with Crippen molar-refractivity contribution in [3.8, 4) is 0 Å². The molecular formula is C14H20BrNO4S. The van der Waals surface area contributed by atoms with E-state index in [2.05, 4.69) is 21.2 Å². The van der Waals surface area contributed by atoms with Crippen LogP contribution in [0.15, 0.2) is 15.9 Å². The third kappa shape index (κ3) is 7.06. The minimum atomic E-state index is -0.579. The molecule has 0 spiro atoms. The van der Waals surface area contributed by atoms with Crippen molar-refractivity contribution in [3.63, 3.8) is 0 Å². The Labute approximate surface area is 137 Å². The van der Waals surface area contributed by atoms with Gasteiger partial charge in [0.25, 0.3) is 0 Å². The lowest BCUT2D eigenvalue weighted by Gasteiger charge is -2.23. The van der Waals surface area contributed by atoms with Crippen LogP contribution in [0.25, 0.3) is 0 Å². The molecular weight excluding hydrogens is 358 g/mol. The largest absolute Gasteiger partial charge is 0.444 e. The van der Waals surface area contributed by atoms with Gasteiger partial charge in [0.2, 0.25) is 0 Å². The highest BCUT2D eigenvalue weighted by Crippen LogP contribution is 2.21. The van der Waals surface area contributed by atoms with Crippen LogP contribution in [-0.2, 0) is 9.47 Å². The second-order valence-electron chi connectivity index (χ2n) is 5.55. The Balaban J connectivity index is 2.61. The molecule has 0 radical (unpaired) electrons. The van der Waals surface area contributed by atoms with Gasteiger partial charge in [-0.1, -0.05) is 0 Å². The summed E-state index contributed by atoms with van der Waals surface area (Å²) in [6.07, 6.45) is -0.384. The fourth-order valence-electron chi connectivity index (χ4n) is 1.61. The summed E-state index contributed by atoms with van der Waals surface area (Å²) in [5.74, 6) is -0.0381. The minimum Gasteiger partial charge on any atom is -0.444 e. The number of ether oxygens (including phenoxy) is 2. The first-order valence-electron chi connectivity index (χ1n) is 6.47. The van der Waals surface area contributed by atoms with Gasteiger partial charge in [-0.25, -0.2) is 4.79 Å². The van der Waals surface area contributed by atoms with Crippen LogP contribution in [0.2, 0.25) is 0 Å². The zero-order chi connectivity index (χ0) is 16.0. The molecule has 1 N–H and O–H groups in total. The first kappa shape index (κ1) is 18.1. The molecule has 0 saturated carbocycles. The van der Waals surface area contributed by atoms with Crippen molar-refractivity contribution in [2.24, 2.45) is 0 Å². The number of carbonyl (C=O) groups is 2. The molecule has 1 amide bonds. The molecule has 0 aliphatic rings. The van der Waals surface area contributed by atoms with Crippen molar-refractivity contribution in [2.45, 2.75) is 38.8 Å². The predicted octanol–water partition coefficient (Wildman–Crippen LogP) is 3.62. The van der Waals surface area contributed by atoms with Gasteiger partial charge in [0.1, 0.15) is 5.60 Å². The zero-order valence-corrected chi connectivity index (χ0v) is 15.0. The number of ketones is 1. The van der Waals surface area contributed by atoms with E-state index >= 15 is 0 Å². The van der Waals surface area contributed by atoms with Gasteiger partial charge in [-0.05, 0) is 42.8 Å². The highest BCUT2D eigenvalue weighted by Gasteiger charge is 2.22. The second kappa shape index (κ2) is 7.91. The summed E-state index contributed by atoms with van der Waals surface area (Å²) in [6, 6.07) is 1.35. The predicted molar refractivity (Wildman–Crippen MR) is 86.0 cm³/mol. The van der Waals surface area contributed by atoms with Gasteiger partial charge in [-0.3, -0.25) is 4.79 Å². The van der Waals surface area contributed by atoms with E-state index in [1.165, 1.54) is 18.4 Å². The van der Waals surface area contributed by atoms with E-state index < -0.39 is 17.7 Å². The number of methoxy groups -OCH3 is 1. The Morgan fingerprint density at radius 2 is 2.10 bits per heavy atom. The van der Waals surface area contributed by atoms with E-state index in [4.69, 9.17) is 9.47 Å². The third-order valence-corrected chi connectivity index (χ3v) is 4.09. The fourth-order valence-corrected chi connectivity index (χ4v) is 2.99. The number of Topliss-reactive ketones (excluding diaryl/α,β-unsaturated/α-hetero) is 1. The normalized spacial score (nSPS) is 12.8. The number of nitrogens with one attached hydrogen (secondary N) is 1. The quantitative estimate of drug-likeness (QED) is 0.768. The van der Waals surface area contributed by atoms with Crippen LogP contribution in [0, 0.1) is 0 Å². The molecule has 5 nitrogen and oxygen atoms in total. The molecule has 1 rings (SSSR count). The maximum Gasteiger partial charge on any atom is 0.407 e. The fraction of sp³-hybridized carbons (Fsp3) is 0.571. The topological polar surface area (TPSA) is 64.6 Å². The summed E-state index contributed by atoms with van der Waals surface area (Å²) in [4.78, 5) is 24.6. The third-order valence-electron chi connectivity index (χ3n) is 2.36. The first-order chi connectivity index (χ1) is 9.71. The van der Waals surface area contributed by atoms with Crippen LogP contribution in [-0.4, -0.2) is 37.2 Å². The van der Waals surface area contributed by atoms with E-state index in [0.717, 1.165) is 4.47 Å². The Morgan fingerprint density at radius 1 is 1.43 bits per heavy atom. The second-order valence-corrected chi connectivity index (χ2v) is 7.38. The summed E-state index contributed by atoms with van der Waals surface area (Å²) in [5, 5.41) is 4.51. The van der Waals surface area contributed by atoms with Crippen LogP contribution in [0.3, 0.4) is 0 Å². The van der Waals surface area contributed by atoms with E-state index in [1.807, 2.05) is 5.38 Å². The maximum absolute atomic E-state index is 12.2. The van der Waals surface area contributed by atoms with Crippen LogP contribution in [0.4, 0.5) is 4.79 Å². The Kier molecular flexibility index (Phi) is 6.83. The van der Waals surface area contributed by atoms with Crippen molar-refractivity contribution < 1.29 is 19.1 Å². The van der Waals surface area contributed by atoms with E-state index in [0.29, 0.717) is 4.88 Å². The van der Waals surface area contributed by atoms with E-state index in [1.54, 1.807) is 26.8 Å². The molecule has 118 valence electrons. The maximum atomic E-state index is 12.2. The van der Waals surface area contributed by atoms with Crippen LogP contribution < -0.4 is 5.32 Å². The molecule has 21 heavy (non-hydrogen) atoms. The first-order valence-corrected chi connectivity index (χ1v) is 8.14. The molecule has 1 aromatic heterocycles. The lowest BCUT2D eigenvalue weighted by Crippen LogP contribution is -2.42. The van der Waals surface area contributed by atoms with E-state index in [-0.39, 0.29) is 18.8 Å². The minimum absolute atomic E-state index is 0.0381. The summed E-state index contributed by atoms with van der Waals surface area (Å²) in [7, 11) is 1.52. The highest BCUT2D eigenvalue weighted by atomic mass is 79.9. The average molecular weight is 378 g/mol. The smallest absolute Gasteiger partial charge is 0.407 e. The highest BCUT2D eigenvalue weighted by molar-refractivity contribution is 9.10. The molecule has 1 unspecified atom stereocenters. The summed E-state index contributed by atoms with van der Waals surface area (Å²) >= 11 is 4.68. The van der Waals surface area contributed by atoms with Crippen LogP contribution in [0.5, 0.6) is 0 Å². The van der Waals surface area contributed by atoms with Crippen molar-refractivity contribution in [3.05, 3.63) is 20.8 Å². The zero-order valence-electron chi connectivity index (χ0n) is 12.6. The van der Waals surface area contributed by atoms with Gasteiger partial charge in [-0.15, -0.1) is 11.3 Å². The molecule has 1 heterocycles. The Morgan fingerprint density at radius 3 is 2.57 bits per heavy atom. The molecule has 7 heteroatoms. The summed E-state index contributed by atoms with van der Waals surface area (Å²) in [5.41, 5.74) is -0.579. The van der Waals surface area contributed by atoms with Gasteiger partial charge in [0.15, 0.2) is 5.78 Å². The number of rotatable bonds is 6. The monoisotopic (exact) mass is 377 g/mol. The Hall–Kier alpha value is -0.920. The van der Waals surface area contributed by atoms with Crippen molar-refractivity contribution >= 4 is 39.1 Å². The van der Waals surface area contributed by atoms with E-state index in [9.17, 15) is 9.59 Å². The number of alkyl carbamates (subject to hydrolysis) is 1. The molecule has 1 aromatic rings. The molecule has 0 aromatic carbocycles. The molecule has 0 aliphatic heterocycles. The number of hydrogen-bond donors (Lipinski definition) is 1. The number of halogens is 1. The van der Waals surface area contributed by atoms with Crippen LogP contribution >= 0.6 is 27.3 Å². The standard InChI is InChI=1S/C14H20BrNO4S/c1-14(2,3)20-13(18)16-10(7-19-4)6-11(17)12-5-9(15)8-21-12/h5,8,10H,6-7H2,1-4H3,(H,16,18). The summed E-state index contributed by atoms with van der Waals surface area (Å²) < 4.78 is 11.1. The van der Waals surface area contributed by atoms with Gasteiger partial charge >= 0.3 is 6.09 Å². The number of amides is 1. The average Bonchev–Trinajstić information content (AvgIpc) is 2.73. The van der Waals surface area contributed by atoms with Gasteiger partial charge in [0.05, 0.1) is 17.5 Å². The Bertz CT molecular complexity index is 495. The molecule has 0 aliphatic carbocycles. The summed E-state index contributed by atoms with van der Waals surface area (Å²) in [6.45, 7) is 5.60. The van der Waals surface area contributed by atoms with Gasteiger partial charge < -0.3 is 14.8 Å². The number of hydrogen-bond acceptors (Lipinski definition) is 5. The van der Waals surface area contributed by atoms with Gasteiger partial charge in [0, 0.05) is 23.4 Å². The SMILES string of the molecule is COCC(CC(=O)c1cc(Br)cs1)NC(=O)OC(C)(C)C. The van der Waals surface area contributed by atoms with Crippen LogP contribution in [0.1, 0.15) is 36.9 Å². The van der Waals surface area contributed by atoms with Crippen molar-refractivity contribution in [2.75, 3.05) is 13.7 Å². The number of thiophene rings is 1. The van der Waals surface area contributed by atoms with Crippen molar-refractivity contribution in [1.29, 1.82) is 0 Å². The molecule has 0 saturated heterocycles. The van der Waals surface area contributed by atoms with Crippen molar-refractivity contribution in [1.82, 2.24) is 5.32 Å².